The minimum atomic E-state index is 0.0186. The van der Waals surface area contributed by atoms with Crippen LogP contribution in [0.1, 0.15) is 62.2 Å². The van der Waals surface area contributed by atoms with Gasteiger partial charge in [-0.2, -0.15) is 11.8 Å². The molecule has 1 aromatic rings. The monoisotopic (exact) mass is 265 g/mol. The summed E-state index contributed by atoms with van der Waals surface area (Å²) in [7, 11) is 0. The van der Waals surface area contributed by atoms with Crippen molar-refractivity contribution in [2.45, 2.75) is 63.0 Å². The third-order valence-electron chi connectivity index (χ3n) is 3.56. The van der Waals surface area contributed by atoms with Crippen molar-refractivity contribution in [1.82, 2.24) is 9.97 Å². The Morgan fingerprint density at radius 3 is 2.72 bits per heavy atom. The second-order valence-corrected chi connectivity index (χ2v) is 6.48. The first kappa shape index (κ1) is 13.8. The van der Waals surface area contributed by atoms with Crippen LogP contribution in [0.4, 0.5) is 0 Å². The summed E-state index contributed by atoms with van der Waals surface area (Å²) in [6.07, 6.45) is 8.81. The number of aromatic nitrogens is 2. The van der Waals surface area contributed by atoms with Crippen LogP contribution in [0.5, 0.6) is 0 Å². The smallest absolute Gasteiger partial charge is 0.138 e. The predicted octanol–water partition coefficient (Wildman–Crippen LogP) is 3.37. The van der Waals surface area contributed by atoms with Crippen LogP contribution in [-0.2, 0) is 5.75 Å². The Morgan fingerprint density at radius 2 is 2.11 bits per heavy atom. The highest BCUT2D eigenvalue weighted by molar-refractivity contribution is 7.99. The van der Waals surface area contributed by atoms with Gasteiger partial charge < -0.3 is 5.73 Å². The number of nitrogens with two attached hydrogens (primary N) is 1. The van der Waals surface area contributed by atoms with Crippen LogP contribution < -0.4 is 5.73 Å². The average Bonchev–Trinajstić information content (AvgIpc) is 2.37. The second kappa shape index (κ2) is 6.53. The van der Waals surface area contributed by atoms with Crippen LogP contribution in [0.2, 0.25) is 0 Å². The molecule has 1 heterocycles. The van der Waals surface area contributed by atoms with E-state index < -0.39 is 0 Å². The molecule has 0 spiro atoms. The molecule has 4 heteroatoms. The topological polar surface area (TPSA) is 51.8 Å². The van der Waals surface area contributed by atoms with Crippen LogP contribution in [0.25, 0.3) is 0 Å². The van der Waals surface area contributed by atoms with Gasteiger partial charge in [-0.25, -0.2) is 9.97 Å². The molecule has 1 atom stereocenters. The molecular weight excluding hydrogens is 242 g/mol. The Morgan fingerprint density at radius 1 is 1.39 bits per heavy atom. The number of hydrogen-bond donors (Lipinski definition) is 1. The quantitative estimate of drug-likeness (QED) is 0.907. The van der Waals surface area contributed by atoms with Crippen molar-refractivity contribution in [2.24, 2.45) is 5.73 Å². The third kappa shape index (κ3) is 3.69. The molecule has 3 nitrogen and oxygen atoms in total. The molecule has 0 aliphatic heterocycles. The Bertz CT molecular complexity index is 387. The molecule has 1 fully saturated rings. The lowest BCUT2D eigenvalue weighted by molar-refractivity contribution is 0.516. The Hall–Kier alpha value is -0.610. The third-order valence-corrected chi connectivity index (χ3v) is 4.93. The lowest BCUT2D eigenvalue weighted by Crippen LogP contribution is -2.11. The van der Waals surface area contributed by atoms with E-state index in [0.717, 1.165) is 28.1 Å². The highest BCUT2D eigenvalue weighted by atomic mass is 32.2. The standard InChI is InChI=1S/C14H23N3S/c1-10(15)13-8-16-14(17-11(13)2)9-18-12-6-4-3-5-7-12/h8,10,12H,3-7,9,15H2,1-2H3/t10-/m0/s1. The van der Waals surface area contributed by atoms with Gasteiger partial charge >= 0.3 is 0 Å². The van der Waals surface area contributed by atoms with E-state index >= 15 is 0 Å². The van der Waals surface area contributed by atoms with Crippen molar-refractivity contribution in [3.8, 4) is 0 Å². The summed E-state index contributed by atoms with van der Waals surface area (Å²) < 4.78 is 0. The Kier molecular flexibility index (Phi) is 5.01. The van der Waals surface area contributed by atoms with E-state index in [4.69, 9.17) is 5.73 Å². The molecule has 1 saturated carbocycles. The maximum atomic E-state index is 5.87. The fourth-order valence-corrected chi connectivity index (χ4v) is 3.66. The van der Waals surface area contributed by atoms with Gasteiger partial charge in [-0.15, -0.1) is 0 Å². The zero-order chi connectivity index (χ0) is 13.0. The van der Waals surface area contributed by atoms with Crippen molar-refractivity contribution in [3.05, 3.63) is 23.3 Å². The summed E-state index contributed by atoms with van der Waals surface area (Å²) in [6.45, 7) is 4.00. The minimum Gasteiger partial charge on any atom is -0.324 e. The van der Waals surface area contributed by atoms with Gasteiger partial charge in [0, 0.05) is 28.7 Å². The average molecular weight is 265 g/mol. The summed E-state index contributed by atoms with van der Waals surface area (Å²) in [5.74, 6) is 1.89. The normalized spacial score (nSPS) is 18.8. The first-order valence-corrected chi connectivity index (χ1v) is 7.91. The SMILES string of the molecule is Cc1nc(CSC2CCCCC2)ncc1[C@H](C)N. The van der Waals surface area contributed by atoms with E-state index in [-0.39, 0.29) is 6.04 Å². The van der Waals surface area contributed by atoms with Crippen molar-refractivity contribution < 1.29 is 0 Å². The highest BCUT2D eigenvalue weighted by Crippen LogP contribution is 2.29. The maximum Gasteiger partial charge on any atom is 0.138 e. The number of rotatable bonds is 4. The van der Waals surface area contributed by atoms with Crippen molar-refractivity contribution in [2.75, 3.05) is 0 Å². The van der Waals surface area contributed by atoms with E-state index in [2.05, 4.69) is 9.97 Å². The molecule has 1 aromatic heterocycles. The molecule has 2 rings (SSSR count). The van der Waals surface area contributed by atoms with Gasteiger partial charge in [-0.3, -0.25) is 0 Å². The van der Waals surface area contributed by atoms with E-state index in [1.54, 1.807) is 0 Å². The molecule has 18 heavy (non-hydrogen) atoms. The molecule has 0 radical (unpaired) electrons. The van der Waals surface area contributed by atoms with Gasteiger partial charge in [0.15, 0.2) is 0 Å². The van der Waals surface area contributed by atoms with Gasteiger partial charge in [-0.1, -0.05) is 19.3 Å². The zero-order valence-corrected chi connectivity index (χ0v) is 12.2. The number of aryl methyl sites for hydroxylation is 1. The lowest BCUT2D eigenvalue weighted by atomic mass is 10.0. The van der Waals surface area contributed by atoms with E-state index in [9.17, 15) is 0 Å². The van der Waals surface area contributed by atoms with Crippen LogP contribution in [0.3, 0.4) is 0 Å². The molecule has 0 saturated heterocycles. The molecule has 100 valence electrons. The maximum absolute atomic E-state index is 5.87. The minimum absolute atomic E-state index is 0.0186. The van der Waals surface area contributed by atoms with Gasteiger partial charge in [-0.05, 0) is 26.7 Å². The lowest BCUT2D eigenvalue weighted by Gasteiger charge is -2.20. The fraction of sp³-hybridized carbons (Fsp3) is 0.714. The zero-order valence-electron chi connectivity index (χ0n) is 11.4. The van der Waals surface area contributed by atoms with Crippen molar-refractivity contribution in [3.63, 3.8) is 0 Å². The second-order valence-electron chi connectivity index (χ2n) is 5.19. The van der Waals surface area contributed by atoms with E-state index in [1.807, 2.05) is 31.8 Å². The Balaban J connectivity index is 1.91. The molecule has 0 aromatic carbocycles. The van der Waals surface area contributed by atoms with Gasteiger partial charge in [0.2, 0.25) is 0 Å². The first-order chi connectivity index (χ1) is 8.66. The Labute approximate surface area is 114 Å². The summed E-state index contributed by atoms with van der Waals surface area (Å²) in [5, 5.41) is 0.816. The van der Waals surface area contributed by atoms with Crippen molar-refractivity contribution >= 4 is 11.8 Å². The molecular formula is C14H23N3S. The van der Waals surface area contributed by atoms with Crippen LogP contribution in [0.15, 0.2) is 6.20 Å². The number of hydrogen-bond acceptors (Lipinski definition) is 4. The summed E-state index contributed by atoms with van der Waals surface area (Å²) >= 11 is 2.02. The van der Waals surface area contributed by atoms with E-state index in [1.165, 1.54) is 32.1 Å². The summed E-state index contributed by atoms with van der Waals surface area (Å²) in [5.41, 5.74) is 7.95. The summed E-state index contributed by atoms with van der Waals surface area (Å²) in [4.78, 5) is 9.00. The predicted molar refractivity (Wildman–Crippen MR) is 77.5 cm³/mol. The molecule has 1 aliphatic carbocycles. The van der Waals surface area contributed by atoms with E-state index in [0.29, 0.717) is 0 Å². The van der Waals surface area contributed by atoms with Crippen LogP contribution >= 0.6 is 11.8 Å². The number of thioether (sulfide) groups is 1. The van der Waals surface area contributed by atoms with Crippen LogP contribution in [-0.4, -0.2) is 15.2 Å². The summed E-state index contributed by atoms with van der Waals surface area (Å²) in [6, 6.07) is 0.0186. The van der Waals surface area contributed by atoms with Crippen LogP contribution in [0, 0.1) is 6.92 Å². The highest BCUT2D eigenvalue weighted by Gasteiger charge is 2.14. The fourth-order valence-electron chi connectivity index (χ4n) is 2.47. The van der Waals surface area contributed by atoms with Gasteiger partial charge in [0.1, 0.15) is 5.82 Å². The van der Waals surface area contributed by atoms with Crippen molar-refractivity contribution in [1.29, 1.82) is 0 Å². The first-order valence-electron chi connectivity index (χ1n) is 6.86. The van der Waals surface area contributed by atoms with Gasteiger partial charge in [0.25, 0.3) is 0 Å². The largest absolute Gasteiger partial charge is 0.324 e. The molecule has 2 N–H and O–H groups in total. The molecule has 1 aliphatic rings. The molecule has 0 unspecified atom stereocenters. The van der Waals surface area contributed by atoms with Gasteiger partial charge in [0.05, 0.1) is 5.75 Å². The molecule has 0 amide bonds. The number of nitrogens with zero attached hydrogens (tertiary/aromatic N) is 2. The molecule has 0 bridgehead atoms.